The van der Waals surface area contributed by atoms with Crippen LogP contribution in [-0.4, -0.2) is 26.0 Å². The van der Waals surface area contributed by atoms with Crippen LogP contribution < -0.4 is 4.72 Å². The van der Waals surface area contributed by atoms with Crippen molar-refractivity contribution in [1.29, 1.82) is 0 Å². The summed E-state index contributed by atoms with van der Waals surface area (Å²) in [6.07, 6.45) is 4.53. The maximum Gasteiger partial charge on any atom is 0.0469 e. The predicted octanol–water partition coefficient (Wildman–Crippen LogP) is 1.28. The summed E-state index contributed by atoms with van der Waals surface area (Å²) >= 11 is 1.70. The monoisotopic (exact) mass is 161 g/mol. The summed E-state index contributed by atoms with van der Waals surface area (Å²) in [6.45, 7) is 3.06. The van der Waals surface area contributed by atoms with Gasteiger partial charge in [-0.2, -0.15) is 0 Å². The molecule has 60 valence electrons. The normalized spacial score (nSPS) is 21.3. The van der Waals surface area contributed by atoms with Crippen LogP contribution in [0.15, 0.2) is 0 Å². The zero-order valence-electron chi connectivity index (χ0n) is 6.43. The first-order chi connectivity index (χ1) is 4.93. The van der Waals surface area contributed by atoms with Gasteiger partial charge in [-0.3, -0.25) is 4.72 Å². The van der Waals surface area contributed by atoms with Crippen molar-refractivity contribution in [3.63, 3.8) is 0 Å². The van der Waals surface area contributed by atoms with Crippen molar-refractivity contribution in [1.82, 2.24) is 4.72 Å². The van der Waals surface area contributed by atoms with Crippen LogP contribution in [0.1, 0.15) is 12.8 Å². The highest BCUT2D eigenvalue weighted by Gasteiger charge is 2.12. The quantitative estimate of drug-likeness (QED) is 0.630. The first-order valence-electron chi connectivity index (χ1n) is 3.77. The van der Waals surface area contributed by atoms with E-state index in [-0.39, 0.29) is 0 Å². The molecule has 1 saturated heterocycles. The minimum absolute atomic E-state index is 0.848. The van der Waals surface area contributed by atoms with Gasteiger partial charge in [0.1, 0.15) is 0 Å². The second-order valence-electron chi connectivity index (χ2n) is 2.61. The molecule has 1 rings (SSSR count). The second kappa shape index (κ2) is 4.99. The van der Waals surface area contributed by atoms with E-state index in [1.165, 1.54) is 12.8 Å². The van der Waals surface area contributed by atoms with Gasteiger partial charge in [0.15, 0.2) is 0 Å². The largest absolute Gasteiger partial charge is 0.381 e. The van der Waals surface area contributed by atoms with Crippen molar-refractivity contribution in [3.8, 4) is 0 Å². The van der Waals surface area contributed by atoms with Gasteiger partial charge in [-0.25, -0.2) is 0 Å². The molecule has 0 saturated carbocycles. The number of rotatable bonds is 3. The Balaban J connectivity index is 2.02. The van der Waals surface area contributed by atoms with Crippen LogP contribution in [0.4, 0.5) is 0 Å². The molecule has 1 heterocycles. The Morgan fingerprint density at radius 1 is 1.50 bits per heavy atom. The standard InChI is InChI=1S/C7H15NOS/c1-10-8-6-7-2-4-9-5-3-7/h7-8H,2-6H2,1H3. The first-order valence-corrected chi connectivity index (χ1v) is 4.99. The summed E-state index contributed by atoms with van der Waals surface area (Å²) in [5, 5.41) is 0. The summed E-state index contributed by atoms with van der Waals surface area (Å²) in [7, 11) is 0. The zero-order chi connectivity index (χ0) is 7.23. The minimum Gasteiger partial charge on any atom is -0.381 e. The van der Waals surface area contributed by atoms with Crippen molar-refractivity contribution < 1.29 is 4.74 Å². The molecule has 1 aliphatic heterocycles. The van der Waals surface area contributed by atoms with E-state index in [9.17, 15) is 0 Å². The summed E-state index contributed by atoms with van der Waals surface area (Å²) in [5.41, 5.74) is 0. The van der Waals surface area contributed by atoms with Crippen LogP contribution in [0.25, 0.3) is 0 Å². The van der Waals surface area contributed by atoms with Gasteiger partial charge < -0.3 is 4.74 Å². The SMILES string of the molecule is CSNCC1CCOCC1. The highest BCUT2D eigenvalue weighted by atomic mass is 32.2. The molecule has 0 aromatic rings. The van der Waals surface area contributed by atoms with Crippen LogP contribution in [0.2, 0.25) is 0 Å². The molecule has 0 atom stereocenters. The summed E-state index contributed by atoms with van der Waals surface area (Å²) < 4.78 is 8.52. The molecule has 0 aliphatic carbocycles. The van der Waals surface area contributed by atoms with E-state index in [2.05, 4.69) is 11.0 Å². The van der Waals surface area contributed by atoms with Crippen LogP contribution >= 0.6 is 11.9 Å². The van der Waals surface area contributed by atoms with E-state index < -0.39 is 0 Å². The average molecular weight is 161 g/mol. The Hall–Kier alpha value is 0.270. The molecule has 1 N–H and O–H groups in total. The van der Waals surface area contributed by atoms with Crippen molar-refractivity contribution in [2.75, 3.05) is 26.0 Å². The third kappa shape index (κ3) is 2.90. The Labute approximate surface area is 66.8 Å². The third-order valence-corrected chi connectivity index (χ3v) is 2.31. The smallest absolute Gasteiger partial charge is 0.0469 e. The van der Waals surface area contributed by atoms with E-state index in [1.807, 2.05) is 0 Å². The maximum atomic E-state index is 5.25. The summed E-state index contributed by atoms with van der Waals surface area (Å²) in [5.74, 6) is 0.848. The van der Waals surface area contributed by atoms with Crippen molar-refractivity contribution >= 4 is 11.9 Å². The molecule has 3 heteroatoms. The van der Waals surface area contributed by atoms with Gasteiger partial charge in [-0.1, -0.05) is 11.9 Å². The van der Waals surface area contributed by atoms with Crippen LogP contribution in [0.3, 0.4) is 0 Å². The third-order valence-electron chi connectivity index (χ3n) is 1.86. The number of nitrogens with one attached hydrogen (secondary N) is 1. The van der Waals surface area contributed by atoms with E-state index in [0.717, 1.165) is 25.7 Å². The van der Waals surface area contributed by atoms with Gasteiger partial charge >= 0.3 is 0 Å². The lowest BCUT2D eigenvalue weighted by Gasteiger charge is -2.21. The predicted molar refractivity (Wildman–Crippen MR) is 45.1 cm³/mol. The first kappa shape index (κ1) is 8.37. The molecular formula is C7H15NOS. The fraction of sp³-hybridized carbons (Fsp3) is 1.00. The van der Waals surface area contributed by atoms with Crippen LogP contribution in [0.5, 0.6) is 0 Å². The molecule has 0 amide bonds. The molecule has 1 fully saturated rings. The Morgan fingerprint density at radius 3 is 2.80 bits per heavy atom. The minimum atomic E-state index is 0.848. The molecule has 0 aromatic heterocycles. The molecular weight excluding hydrogens is 146 g/mol. The topological polar surface area (TPSA) is 21.3 Å². The Bertz CT molecular complexity index is 83.7. The fourth-order valence-corrected chi connectivity index (χ4v) is 1.55. The van der Waals surface area contributed by atoms with Gasteiger partial charge in [0.25, 0.3) is 0 Å². The van der Waals surface area contributed by atoms with Crippen molar-refractivity contribution in [3.05, 3.63) is 0 Å². The van der Waals surface area contributed by atoms with Crippen LogP contribution in [-0.2, 0) is 4.74 Å². The molecule has 1 aliphatic rings. The highest BCUT2D eigenvalue weighted by Crippen LogP contribution is 2.13. The Kier molecular flexibility index (Phi) is 4.18. The molecule has 0 aromatic carbocycles. The van der Waals surface area contributed by atoms with Gasteiger partial charge in [0, 0.05) is 19.8 Å². The molecule has 10 heavy (non-hydrogen) atoms. The number of ether oxygens (including phenoxy) is 1. The fourth-order valence-electron chi connectivity index (χ4n) is 1.15. The van der Waals surface area contributed by atoms with Gasteiger partial charge in [-0.15, -0.1) is 0 Å². The number of hydrogen-bond donors (Lipinski definition) is 1. The van der Waals surface area contributed by atoms with Crippen molar-refractivity contribution in [2.24, 2.45) is 5.92 Å². The second-order valence-corrected chi connectivity index (χ2v) is 3.31. The lowest BCUT2D eigenvalue weighted by atomic mass is 10.0. The zero-order valence-corrected chi connectivity index (χ0v) is 7.25. The molecule has 0 bridgehead atoms. The molecule has 0 spiro atoms. The van der Waals surface area contributed by atoms with E-state index >= 15 is 0 Å². The molecule has 0 radical (unpaired) electrons. The van der Waals surface area contributed by atoms with E-state index in [0.29, 0.717) is 0 Å². The van der Waals surface area contributed by atoms with Crippen LogP contribution in [0, 0.1) is 5.92 Å². The average Bonchev–Trinajstić information content (AvgIpc) is 2.03. The summed E-state index contributed by atoms with van der Waals surface area (Å²) in [6, 6.07) is 0. The van der Waals surface area contributed by atoms with Gasteiger partial charge in [-0.05, 0) is 25.0 Å². The van der Waals surface area contributed by atoms with E-state index in [1.54, 1.807) is 11.9 Å². The van der Waals surface area contributed by atoms with Crippen molar-refractivity contribution in [2.45, 2.75) is 12.8 Å². The lowest BCUT2D eigenvalue weighted by Crippen LogP contribution is -2.24. The Morgan fingerprint density at radius 2 is 2.20 bits per heavy atom. The molecule has 0 unspecified atom stereocenters. The van der Waals surface area contributed by atoms with Gasteiger partial charge in [0.2, 0.25) is 0 Å². The summed E-state index contributed by atoms with van der Waals surface area (Å²) in [4.78, 5) is 0. The highest BCUT2D eigenvalue weighted by molar-refractivity contribution is 7.96. The number of hydrogen-bond acceptors (Lipinski definition) is 3. The lowest BCUT2D eigenvalue weighted by molar-refractivity contribution is 0.0680. The van der Waals surface area contributed by atoms with Gasteiger partial charge in [0.05, 0.1) is 0 Å². The maximum absolute atomic E-state index is 5.25. The molecule has 2 nitrogen and oxygen atoms in total. The van der Waals surface area contributed by atoms with E-state index in [4.69, 9.17) is 4.74 Å².